The Kier molecular flexibility index (Phi) is 8.38. The summed E-state index contributed by atoms with van der Waals surface area (Å²) in [5.74, 6) is 0.864. The highest BCUT2D eigenvalue weighted by atomic mass is 32.1. The number of ether oxygens (including phenoxy) is 1. The van der Waals surface area contributed by atoms with Crippen molar-refractivity contribution in [1.29, 1.82) is 0 Å². The van der Waals surface area contributed by atoms with Gasteiger partial charge in [-0.2, -0.15) is 0 Å². The van der Waals surface area contributed by atoms with Crippen molar-refractivity contribution in [2.45, 2.75) is 26.8 Å². The van der Waals surface area contributed by atoms with Gasteiger partial charge in [0, 0.05) is 12.2 Å². The molecule has 26 heavy (non-hydrogen) atoms. The average molecular weight is 372 g/mol. The van der Waals surface area contributed by atoms with Crippen LogP contribution in [0.1, 0.15) is 32.4 Å². The minimum Gasteiger partial charge on any atom is -0.494 e. The largest absolute Gasteiger partial charge is 0.494 e. The van der Waals surface area contributed by atoms with E-state index in [1.54, 1.807) is 0 Å². The van der Waals surface area contributed by atoms with Crippen LogP contribution in [0.2, 0.25) is 0 Å². The van der Waals surface area contributed by atoms with Crippen molar-refractivity contribution >= 4 is 23.0 Å². The Bertz CT molecular complexity index is 657. The van der Waals surface area contributed by atoms with Crippen LogP contribution in [0.25, 0.3) is 0 Å². The molecule has 0 saturated carbocycles. The second-order valence-electron chi connectivity index (χ2n) is 5.94. The summed E-state index contributed by atoms with van der Waals surface area (Å²) in [5, 5.41) is 7.23. The van der Waals surface area contributed by atoms with Gasteiger partial charge in [-0.1, -0.05) is 44.2 Å². The molecule has 0 saturated heterocycles. The van der Waals surface area contributed by atoms with Gasteiger partial charge >= 0.3 is 0 Å². The van der Waals surface area contributed by atoms with Crippen LogP contribution >= 0.6 is 12.2 Å². The van der Waals surface area contributed by atoms with E-state index in [1.807, 2.05) is 37.3 Å². The molecule has 2 aromatic rings. The second kappa shape index (κ2) is 10.8. The van der Waals surface area contributed by atoms with Crippen molar-refractivity contribution in [3.8, 4) is 5.75 Å². The molecule has 0 amide bonds. The Morgan fingerprint density at radius 1 is 1.00 bits per heavy atom. The lowest BCUT2D eigenvalue weighted by molar-refractivity contribution is 0.219. The molecule has 0 aromatic heterocycles. The van der Waals surface area contributed by atoms with Crippen molar-refractivity contribution in [2.24, 2.45) is 0 Å². The van der Waals surface area contributed by atoms with Gasteiger partial charge in [0.25, 0.3) is 0 Å². The predicted molar refractivity (Wildman–Crippen MR) is 114 cm³/mol. The Hall–Kier alpha value is -2.11. The summed E-state index contributed by atoms with van der Waals surface area (Å²) in [7, 11) is 0. The van der Waals surface area contributed by atoms with E-state index in [0.717, 1.165) is 31.1 Å². The fourth-order valence-corrected chi connectivity index (χ4v) is 3.16. The standard InChI is InChI=1S/C21H29N3OS/c1-4-24(5-2)20(17-10-8-7-9-11-17)16-22-21(26)23-18-12-14-19(15-13-18)25-6-3/h7-15,20H,4-6,16H2,1-3H3,(H2,22,23,26)/t20-/m0/s1. The molecule has 0 aliphatic carbocycles. The van der Waals surface area contributed by atoms with Gasteiger partial charge in [0.05, 0.1) is 12.6 Å². The SMILES string of the molecule is CCOc1ccc(NC(=S)NC[C@@H](c2ccccc2)N(CC)CC)cc1. The van der Waals surface area contributed by atoms with Crippen LogP contribution in [0.3, 0.4) is 0 Å². The fraction of sp³-hybridized carbons (Fsp3) is 0.381. The van der Waals surface area contributed by atoms with Gasteiger partial charge in [0.15, 0.2) is 5.11 Å². The first kappa shape index (κ1) is 20.2. The molecule has 0 spiro atoms. The third kappa shape index (κ3) is 6.00. The molecule has 2 aromatic carbocycles. The van der Waals surface area contributed by atoms with E-state index < -0.39 is 0 Å². The Morgan fingerprint density at radius 3 is 2.23 bits per heavy atom. The summed E-state index contributed by atoms with van der Waals surface area (Å²) in [6.07, 6.45) is 0. The number of anilines is 1. The molecule has 0 fully saturated rings. The Morgan fingerprint density at radius 2 is 1.65 bits per heavy atom. The zero-order valence-corrected chi connectivity index (χ0v) is 16.7. The summed E-state index contributed by atoms with van der Waals surface area (Å²) in [6.45, 7) is 9.78. The van der Waals surface area contributed by atoms with Gasteiger partial charge in [-0.15, -0.1) is 0 Å². The van der Waals surface area contributed by atoms with Crippen molar-refractivity contribution < 1.29 is 4.74 Å². The van der Waals surface area contributed by atoms with Gasteiger partial charge in [-0.05, 0) is 62.1 Å². The number of thiocarbonyl (C=S) groups is 1. The van der Waals surface area contributed by atoms with Gasteiger partial charge in [-0.25, -0.2) is 0 Å². The third-order valence-electron chi connectivity index (χ3n) is 4.32. The van der Waals surface area contributed by atoms with E-state index >= 15 is 0 Å². The molecule has 2 N–H and O–H groups in total. The number of hydrogen-bond donors (Lipinski definition) is 2. The molecule has 1 atom stereocenters. The van der Waals surface area contributed by atoms with E-state index in [1.165, 1.54) is 5.56 Å². The molecule has 0 radical (unpaired) electrons. The van der Waals surface area contributed by atoms with Crippen molar-refractivity contribution in [2.75, 3.05) is 31.6 Å². The lowest BCUT2D eigenvalue weighted by Crippen LogP contribution is -2.39. The first-order chi connectivity index (χ1) is 12.7. The van der Waals surface area contributed by atoms with Crippen LogP contribution < -0.4 is 15.4 Å². The highest BCUT2D eigenvalue weighted by Gasteiger charge is 2.17. The molecule has 140 valence electrons. The van der Waals surface area contributed by atoms with Crippen molar-refractivity contribution in [1.82, 2.24) is 10.2 Å². The lowest BCUT2D eigenvalue weighted by Gasteiger charge is -2.30. The maximum absolute atomic E-state index is 5.48. The quantitative estimate of drug-likeness (QED) is 0.637. The molecule has 2 rings (SSSR count). The average Bonchev–Trinajstić information content (AvgIpc) is 2.67. The van der Waals surface area contributed by atoms with Gasteiger partial charge in [0.2, 0.25) is 0 Å². The molecule has 0 unspecified atom stereocenters. The normalized spacial score (nSPS) is 11.8. The van der Waals surface area contributed by atoms with Crippen LogP contribution in [0.4, 0.5) is 5.69 Å². The Labute approximate surface area is 162 Å². The topological polar surface area (TPSA) is 36.5 Å². The predicted octanol–water partition coefficient (Wildman–Crippen LogP) is 4.45. The summed E-state index contributed by atoms with van der Waals surface area (Å²) in [4.78, 5) is 2.43. The number of benzene rings is 2. The lowest BCUT2D eigenvalue weighted by atomic mass is 10.1. The zero-order valence-electron chi connectivity index (χ0n) is 15.9. The first-order valence-electron chi connectivity index (χ1n) is 9.24. The van der Waals surface area contributed by atoms with Crippen LogP contribution in [0, 0.1) is 0 Å². The molecule has 4 nitrogen and oxygen atoms in total. The van der Waals surface area contributed by atoms with Gasteiger partial charge in [-0.3, -0.25) is 4.90 Å². The minimum absolute atomic E-state index is 0.284. The number of likely N-dealkylation sites (N-methyl/N-ethyl adjacent to an activating group) is 1. The number of nitrogens with zero attached hydrogens (tertiary/aromatic N) is 1. The van der Waals surface area contributed by atoms with E-state index in [-0.39, 0.29) is 6.04 Å². The van der Waals surface area contributed by atoms with E-state index in [2.05, 4.69) is 53.6 Å². The minimum atomic E-state index is 0.284. The first-order valence-corrected chi connectivity index (χ1v) is 9.65. The molecule has 5 heteroatoms. The number of hydrogen-bond acceptors (Lipinski definition) is 3. The molecular weight excluding hydrogens is 342 g/mol. The van der Waals surface area contributed by atoms with Crippen LogP contribution in [-0.4, -0.2) is 36.3 Å². The van der Waals surface area contributed by atoms with Crippen molar-refractivity contribution in [3.63, 3.8) is 0 Å². The number of rotatable bonds is 9. The van der Waals surface area contributed by atoms with Gasteiger partial charge < -0.3 is 15.4 Å². The summed E-state index contributed by atoms with van der Waals surface area (Å²) < 4.78 is 5.46. The zero-order chi connectivity index (χ0) is 18.8. The summed E-state index contributed by atoms with van der Waals surface area (Å²) in [6, 6.07) is 18.7. The summed E-state index contributed by atoms with van der Waals surface area (Å²) in [5.41, 5.74) is 2.25. The highest BCUT2D eigenvalue weighted by molar-refractivity contribution is 7.80. The molecule has 0 heterocycles. The van der Waals surface area contributed by atoms with Crippen molar-refractivity contribution in [3.05, 3.63) is 60.2 Å². The van der Waals surface area contributed by atoms with E-state index in [0.29, 0.717) is 11.7 Å². The third-order valence-corrected chi connectivity index (χ3v) is 4.56. The van der Waals surface area contributed by atoms with E-state index in [4.69, 9.17) is 17.0 Å². The molecule has 0 aliphatic heterocycles. The van der Waals surface area contributed by atoms with E-state index in [9.17, 15) is 0 Å². The highest BCUT2D eigenvalue weighted by Crippen LogP contribution is 2.20. The smallest absolute Gasteiger partial charge is 0.170 e. The maximum Gasteiger partial charge on any atom is 0.170 e. The van der Waals surface area contributed by atoms with Crippen LogP contribution in [0.5, 0.6) is 5.75 Å². The fourth-order valence-electron chi connectivity index (χ4n) is 2.96. The molecule has 0 aliphatic rings. The molecule has 0 bridgehead atoms. The maximum atomic E-state index is 5.48. The van der Waals surface area contributed by atoms with Crippen LogP contribution in [0.15, 0.2) is 54.6 Å². The second-order valence-corrected chi connectivity index (χ2v) is 6.35. The monoisotopic (exact) mass is 371 g/mol. The number of nitrogens with one attached hydrogen (secondary N) is 2. The Balaban J connectivity index is 1.95. The van der Waals surface area contributed by atoms with Crippen LogP contribution in [-0.2, 0) is 0 Å². The van der Waals surface area contributed by atoms with Gasteiger partial charge in [0.1, 0.15) is 5.75 Å². The summed E-state index contributed by atoms with van der Waals surface area (Å²) >= 11 is 5.48. The molecular formula is C21H29N3OS.